The van der Waals surface area contributed by atoms with Gasteiger partial charge in [-0.2, -0.15) is 0 Å². The van der Waals surface area contributed by atoms with Crippen LogP contribution in [0.1, 0.15) is 22.3 Å². The third-order valence-electron chi connectivity index (χ3n) is 3.38. The monoisotopic (exact) mass is 247 g/mol. The highest BCUT2D eigenvalue weighted by Gasteiger charge is 2.48. The average molecular weight is 247 g/mol. The predicted octanol–water partition coefficient (Wildman–Crippen LogP) is 0.589. The molecule has 1 fully saturated rings. The van der Waals surface area contributed by atoms with Gasteiger partial charge in [-0.3, -0.25) is 14.9 Å². The van der Waals surface area contributed by atoms with E-state index < -0.39 is 11.5 Å². The molecule has 5 nitrogen and oxygen atoms in total. The normalized spacial score (nSPS) is 27.6. The van der Waals surface area contributed by atoms with E-state index in [9.17, 15) is 9.59 Å². The maximum atomic E-state index is 12.2. The molecule has 94 valence electrons. The minimum absolute atomic E-state index is 0.343. The first-order chi connectivity index (χ1) is 8.74. The summed E-state index contributed by atoms with van der Waals surface area (Å²) in [4.78, 5) is 24.0. The highest BCUT2D eigenvalue weighted by atomic mass is 16.6. The molecule has 1 aromatic carbocycles. The van der Waals surface area contributed by atoms with E-state index in [1.807, 2.05) is 6.07 Å². The molecule has 0 bridgehead atoms. The van der Waals surface area contributed by atoms with Crippen molar-refractivity contribution in [3.63, 3.8) is 0 Å². The van der Waals surface area contributed by atoms with Gasteiger partial charge in [0.05, 0.1) is 19.8 Å². The fraction of sp³-hybridized carbons (Fsp3) is 0.385. The molecular weight excluding hydrogens is 234 g/mol. The molecule has 1 saturated heterocycles. The van der Waals surface area contributed by atoms with E-state index in [4.69, 9.17) is 9.47 Å². The average Bonchev–Trinajstić information content (AvgIpc) is 2.64. The number of carbonyl (C=O) groups excluding carboxylic acids is 2. The zero-order valence-electron chi connectivity index (χ0n) is 9.77. The van der Waals surface area contributed by atoms with Crippen LogP contribution in [0.2, 0.25) is 0 Å². The van der Waals surface area contributed by atoms with Crippen molar-refractivity contribution in [1.82, 2.24) is 5.32 Å². The lowest BCUT2D eigenvalue weighted by molar-refractivity contribution is -0.148. The zero-order chi connectivity index (χ0) is 12.6. The summed E-state index contributed by atoms with van der Waals surface area (Å²) >= 11 is 0. The van der Waals surface area contributed by atoms with Gasteiger partial charge in [-0.1, -0.05) is 18.2 Å². The highest BCUT2D eigenvalue weighted by Crippen LogP contribution is 2.36. The first-order valence-electron chi connectivity index (χ1n) is 5.91. The Kier molecular flexibility index (Phi) is 2.65. The first-order valence-corrected chi connectivity index (χ1v) is 5.91. The van der Waals surface area contributed by atoms with Crippen molar-refractivity contribution in [1.29, 1.82) is 0 Å². The molecular formula is C13H13NO4. The van der Waals surface area contributed by atoms with Crippen molar-refractivity contribution in [3.8, 4) is 0 Å². The van der Waals surface area contributed by atoms with E-state index in [0.29, 0.717) is 37.4 Å². The van der Waals surface area contributed by atoms with Gasteiger partial charge in [0.15, 0.2) is 5.60 Å². The predicted molar refractivity (Wildman–Crippen MR) is 62.0 cm³/mol. The van der Waals surface area contributed by atoms with Crippen LogP contribution in [0, 0.1) is 0 Å². The Morgan fingerprint density at radius 2 is 1.94 bits per heavy atom. The molecule has 0 radical (unpaired) electrons. The third kappa shape index (κ3) is 1.55. The van der Waals surface area contributed by atoms with Crippen LogP contribution in [0.15, 0.2) is 24.3 Å². The first kappa shape index (κ1) is 11.4. The molecule has 2 aliphatic rings. The van der Waals surface area contributed by atoms with E-state index in [-0.39, 0.29) is 5.91 Å². The van der Waals surface area contributed by atoms with Crippen molar-refractivity contribution < 1.29 is 19.1 Å². The maximum absolute atomic E-state index is 12.2. The molecule has 0 aromatic heterocycles. The summed E-state index contributed by atoms with van der Waals surface area (Å²) in [5.74, 6) is -0.758. The number of benzene rings is 1. The number of hydrogen-bond acceptors (Lipinski definition) is 4. The largest absolute Gasteiger partial charge is 0.379 e. The van der Waals surface area contributed by atoms with Gasteiger partial charge in [0.1, 0.15) is 0 Å². The summed E-state index contributed by atoms with van der Waals surface area (Å²) < 4.78 is 11.1. The molecule has 1 N–H and O–H groups in total. The van der Waals surface area contributed by atoms with E-state index >= 15 is 0 Å². The van der Waals surface area contributed by atoms with Crippen molar-refractivity contribution in [3.05, 3.63) is 35.4 Å². The maximum Gasteiger partial charge on any atom is 0.263 e. The van der Waals surface area contributed by atoms with Crippen molar-refractivity contribution >= 4 is 11.8 Å². The minimum atomic E-state index is -1.08. The van der Waals surface area contributed by atoms with Crippen LogP contribution in [0.25, 0.3) is 0 Å². The number of nitrogens with one attached hydrogen (secondary N) is 1. The second kappa shape index (κ2) is 4.19. The van der Waals surface area contributed by atoms with Gasteiger partial charge >= 0.3 is 0 Å². The van der Waals surface area contributed by atoms with E-state index in [2.05, 4.69) is 5.32 Å². The fourth-order valence-electron chi connectivity index (χ4n) is 2.48. The quantitative estimate of drug-likeness (QED) is 0.681. The number of ether oxygens (including phenoxy) is 2. The molecule has 1 aromatic rings. The molecule has 0 saturated carbocycles. The fourth-order valence-corrected chi connectivity index (χ4v) is 2.48. The summed E-state index contributed by atoms with van der Waals surface area (Å²) in [6, 6.07) is 7.06. The van der Waals surface area contributed by atoms with Gasteiger partial charge in [-0.15, -0.1) is 0 Å². The third-order valence-corrected chi connectivity index (χ3v) is 3.38. The summed E-state index contributed by atoms with van der Waals surface area (Å²) in [7, 11) is 0. The van der Waals surface area contributed by atoms with Crippen LogP contribution in [-0.2, 0) is 19.9 Å². The van der Waals surface area contributed by atoms with E-state index in [1.165, 1.54) is 0 Å². The lowest BCUT2D eigenvalue weighted by Crippen LogP contribution is -2.53. The van der Waals surface area contributed by atoms with Crippen LogP contribution in [0.4, 0.5) is 0 Å². The summed E-state index contributed by atoms with van der Waals surface area (Å²) in [5, 5.41) is 2.37. The van der Waals surface area contributed by atoms with Crippen LogP contribution in [0.3, 0.4) is 0 Å². The second-order valence-corrected chi connectivity index (χ2v) is 4.37. The van der Waals surface area contributed by atoms with Gasteiger partial charge in [-0.25, -0.2) is 0 Å². The molecule has 5 heteroatoms. The SMILES string of the molecule is O=C1NC(=O)C2(CCOCCO2)c2ccccc21. The van der Waals surface area contributed by atoms with Crippen LogP contribution >= 0.6 is 0 Å². The number of imide groups is 1. The molecule has 18 heavy (non-hydrogen) atoms. The van der Waals surface area contributed by atoms with Gasteiger partial charge in [0.25, 0.3) is 11.8 Å². The van der Waals surface area contributed by atoms with Crippen molar-refractivity contribution in [2.45, 2.75) is 12.0 Å². The molecule has 0 aliphatic carbocycles. The minimum Gasteiger partial charge on any atom is -0.379 e. The van der Waals surface area contributed by atoms with Gasteiger partial charge < -0.3 is 9.47 Å². The number of amides is 2. The Hall–Kier alpha value is -1.72. The number of fused-ring (bicyclic) bond motifs is 2. The van der Waals surface area contributed by atoms with Crippen molar-refractivity contribution in [2.24, 2.45) is 0 Å². The van der Waals surface area contributed by atoms with Crippen molar-refractivity contribution in [2.75, 3.05) is 19.8 Å². The molecule has 1 unspecified atom stereocenters. The Labute approximate surface area is 104 Å². The van der Waals surface area contributed by atoms with Gasteiger partial charge in [-0.05, 0) is 6.07 Å². The highest BCUT2D eigenvalue weighted by molar-refractivity contribution is 6.12. The van der Waals surface area contributed by atoms with Gasteiger partial charge in [0.2, 0.25) is 0 Å². The molecule has 1 atom stereocenters. The van der Waals surface area contributed by atoms with Crippen LogP contribution < -0.4 is 5.32 Å². The Morgan fingerprint density at radius 1 is 1.11 bits per heavy atom. The van der Waals surface area contributed by atoms with Crippen LogP contribution in [0.5, 0.6) is 0 Å². The zero-order valence-corrected chi connectivity index (χ0v) is 9.77. The second-order valence-electron chi connectivity index (χ2n) is 4.37. The molecule has 3 rings (SSSR count). The summed E-state index contributed by atoms with van der Waals surface area (Å²) in [6.45, 7) is 1.25. The lowest BCUT2D eigenvalue weighted by Gasteiger charge is -2.35. The Bertz CT molecular complexity index is 503. The van der Waals surface area contributed by atoms with E-state index in [0.717, 1.165) is 0 Å². The number of carbonyl (C=O) groups is 2. The smallest absolute Gasteiger partial charge is 0.263 e. The van der Waals surface area contributed by atoms with Crippen LogP contribution in [-0.4, -0.2) is 31.6 Å². The van der Waals surface area contributed by atoms with Gasteiger partial charge in [0, 0.05) is 17.5 Å². The molecule has 2 aliphatic heterocycles. The number of hydrogen-bond donors (Lipinski definition) is 1. The number of rotatable bonds is 0. The Balaban J connectivity index is 2.15. The lowest BCUT2D eigenvalue weighted by atomic mass is 9.83. The Morgan fingerprint density at radius 3 is 2.83 bits per heavy atom. The summed E-state index contributed by atoms with van der Waals surface area (Å²) in [6.07, 6.45) is 0.420. The molecule has 2 heterocycles. The van der Waals surface area contributed by atoms with E-state index in [1.54, 1.807) is 18.2 Å². The summed E-state index contributed by atoms with van der Waals surface area (Å²) in [5.41, 5.74) is 0.0596. The molecule has 1 spiro atoms. The molecule has 2 amide bonds. The standard InChI is InChI=1S/C13H13NO4/c15-11-9-3-1-2-4-10(9)13(12(16)14-11)5-6-17-7-8-18-13/h1-4H,5-8H2,(H,14,15,16). The topological polar surface area (TPSA) is 64.6 Å².